The van der Waals surface area contributed by atoms with E-state index >= 15 is 0 Å². The quantitative estimate of drug-likeness (QED) is 0.451. The molecule has 0 radical (unpaired) electrons. The van der Waals surface area contributed by atoms with Crippen LogP contribution in [0.25, 0.3) is 21.7 Å². The molecule has 0 saturated carbocycles. The molecule has 0 aliphatic carbocycles. The van der Waals surface area contributed by atoms with Crippen LogP contribution in [0.4, 0.5) is 0 Å². The van der Waals surface area contributed by atoms with Crippen LogP contribution in [0.5, 0.6) is 0 Å². The van der Waals surface area contributed by atoms with Crippen LogP contribution in [0, 0.1) is 0 Å². The minimum absolute atomic E-state index is 0.242. The smallest absolute Gasteiger partial charge is 0.307 e. The van der Waals surface area contributed by atoms with E-state index in [0.717, 1.165) is 21.7 Å². The van der Waals surface area contributed by atoms with Gasteiger partial charge >= 0.3 is 5.91 Å². The minimum atomic E-state index is -0.373. The summed E-state index contributed by atoms with van der Waals surface area (Å²) in [6.07, 6.45) is 1.64. The highest BCUT2D eigenvalue weighted by Crippen LogP contribution is 2.19. The summed E-state index contributed by atoms with van der Waals surface area (Å²) in [5.41, 5.74) is 4.13. The van der Waals surface area contributed by atoms with E-state index < -0.39 is 0 Å². The maximum Gasteiger partial charge on any atom is 0.307 e. The second-order valence-electron chi connectivity index (χ2n) is 5.42. The van der Waals surface area contributed by atoms with Crippen LogP contribution in [-0.4, -0.2) is 12.1 Å². The zero-order chi connectivity index (χ0) is 16.4. The lowest BCUT2D eigenvalue weighted by molar-refractivity contribution is 0.0929. The predicted molar refractivity (Wildman–Crippen MR) is 95.2 cm³/mol. The molecule has 4 heteroatoms. The molecule has 4 nitrogen and oxygen atoms in total. The first-order chi connectivity index (χ1) is 11.8. The molecule has 0 aliphatic heterocycles. The van der Waals surface area contributed by atoms with Gasteiger partial charge in [-0.3, -0.25) is 4.79 Å². The molecule has 3 aromatic carbocycles. The molecular weight excluding hydrogens is 300 g/mol. The number of carbonyl (C=O) groups is 1. The molecule has 1 heterocycles. The van der Waals surface area contributed by atoms with E-state index in [4.69, 9.17) is 4.42 Å². The Labute approximate surface area is 138 Å². The van der Waals surface area contributed by atoms with E-state index in [0.29, 0.717) is 5.58 Å². The fourth-order valence-corrected chi connectivity index (χ4v) is 2.67. The van der Waals surface area contributed by atoms with Gasteiger partial charge in [0.05, 0.1) is 6.21 Å². The van der Waals surface area contributed by atoms with Gasteiger partial charge in [0.2, 0.25) is 0 Å². The first-order valence-corrected chi connectivity index (χ1v) is 7.61. The molecule has 24 heavy (non-hydrogen) atoms. The Hall–Kier alpha value is -3.40. The maximum absolute atomic E-state index is 12.1. The fraction of sp³-hybridized carbons (Fsp3) is 0. The number of nitrogens with one attached hydrogen (secondary N) is 1. The Morgan fingerprint density at radius 3 is 2.54 bits per heavy atom. The highest BCUT2D eigenvalue weighted by Gasteiger charge is 2.10. The highest BCUT2D eigenvalue weighted by atomic mass is 16.3. The molecule has 4 aromatic rings. The number of carbonyl (C=O) groups excluding carboxylic acids is 1. The van der Waals surface area contributed by atoms with Crippen molar-refractivity contribution < 1.29 is 9.21 Å². The molecule has 0 spiro atoms. The molecule has 1 aromatic heterocycles. The molecule has 4 rings (SSSR count). The third-order valence-electron chi connectivity index (χ3n) is 3.84. The lowest BCUT2D eigenvalue weighted by Gasteiger charge is -2.01. The van der Waals surface area contributed by atoms with E-state index in [1.165, 1.54) is 0 Å². The van der Waals surface area contributed by atoms with Gasteiger partial charge in [0.1, 0.15) is 5.58 Å². The average molecular weight is 314 g/mol. The molecule has 0 saturated heterocycles. The number of hydrogen-bond acceptors (Lipinski definition) is 3. The summed E-state index contributed by atoms with van der Waals surface area (Å²) in [5.74, 6) is -0.131. The summed E-state index contributed by atoms with van der Waals surface area (Å²) in [6, 6.07) is 23.2. The molecule has 116 valence electrons. The van der Waals surface area contributed by atoms with Crippen LogP contribution in [0.3, 0.4) is 0 Å². The Morgan fingerprint density at radius 1 is 0.917 bits per heavy atom. The molecule has 0 bridgehead atoms. The molecule has 0 unspecified atom stereocenters. The van der Waals surface area contributed by atoms with Crippen LogP contribution in [0.15, 0.2) is 82.3 Å². The van der Waals surface area contributed by atoms with E-state index in [9.17, 15) is 4.79 Å². The zero-order valence-electron chi connectivity index (χ0n) is 12.8. The van der Waals surface area contributed by atoms with Crippen LogP contribution in [-0.2, 0) is 0 Å². The van der Waals surface area contributed by atoms with Gasteiger partial charge in [0.25, 0.3) is 0 Å². The van der Waals surface area contributed by atoms with Gasteiger partial charge in [-0.15, -0.1) is 0 Å². The van der Waals surface area contributed by atoms with E-state index in [1.807, 2.05) is 66.7 Å². The standard InChI is InChI=1S/C20H14N2O2/c23-20(19-12-15-7-2-4-11-18(15)24-19)22-21-13-16-9-5-8-14-6-1-3-10-17(14)16/h1-13H,(H,22,23). The molecule has 0 fully saturated rings. The number of benzene rings is 3. The van der Waals surface area contributed by atoms with Crippen LogP contribution < -0.4 is 5.43 Å². The van der Waals surface area contributed by atoms with E-state index in [2.05, 4.69) is 10.5 Å². The molecule has 1 amide bonds. The third kappa shape index (κ3) is 2.65. The van der Waals surface area contributed by atoms with Crippen molar-refractivity contribution in [3.63, 3.8) is 0 Å². The molecule has 0 atom stereocenters. The van der Waals surface area contributed by atoms with Crippen molar-refractivity contribution in [3.05, 3.63) is 84.1 Å². The second kappa shape index (κ2) is 6.01. The number of para-hydroxylation sites is 1. The van der Waals surface area contributed by atoms with Gasteiger partial charge in [-0.25, -0.2) is 5.43 Å². The van der Waals surface area contributed by atoms with E-state index in [-0.39, 0.29) is 11.7 Å². The normalized spacial score (nSPS) is 11.3. The maximum atomic E-state index is 12.1. The van der Waals surface area contributed by atoms with Crippen molar-refractivity contribution >= 4 is 33.9 Å². The molecule has 1 N–H and O–H groups in total. The van der Waals surface area contributed by atoms with Gasteiger partial charge in [0, 0.05) is 10.9 Å². The Morgan fingerprint density at radius 2 is 1.67 bits per heavy atom. The van der Waals surface area contributed by atoms with Crippen molar-refractivity contribution in [3.8, 4) is 0 Å². The first kappa shape index (κ1) is 14.2. The summed E-state index contributed by atoms with van der Waals surface area (Å²) in [6.45, 7) is 0. The topological polar surface area (TPSA) is 54.6 Å². The lowest BCUT2D eigenvalue weighted by atomic mass is 10.1. The van der Waals surface area contributed by atoms with Gasteiger partial charge < -0.3 is 4.42 Å². The van der Waals surface area contributed by atoms with Crippen molar-refractivity contribution in [1.82, 2.24) is 5.43 Å². The summed E-state index contributed by atoms with van der Waals surface area (Å²) >= 11 is 0. The fourth-order valence-electron chi connectivity index (χ4n) is 2.67. The Bertz CT molecular complexity index is 1030. The largest absolute Gasteiger partial charge is 0.451 e. The second-order valence-corrected chi connectivity index (χ2v) is 5.42. The number of nitrogens with zero attached hydrogens (tertiary/aromatic N) is 1. The highest BCUT2D eigenvalue weighted by molar-refractivity contribution is 6.01. The number of hydrogen-bond donors (Lipinski definition) is 1. The van der Waals surface area contributed by atoms with Crippen molar-refractivity contribution in [2.75, 3.05) is 0 Å². The van der Waals surface area contributed by atoms with Crippen molar-refractivity contribution in [2.24, 2.45) is 5.10 Å². The van der Waals surface area contributed by atoms with Crippen molar-refractivity contribution in [2.45, 2.75) is 0 Å². The minimum Gasteiger partial charge on any atom is -0.451 e. The number of hydrazone groups is 1. The summed E-state index contributed by atoms with van der Waals surface area (Å²) in [4.78, 5) is 12.1. The number of amides is 1. The molecular formula is C20H14N2O2. The number of furan rings is 1. The van der Waals surface area contributed by atoms with Crippen LogP contribution in [0.2, 0.25) is 0 Å². The Balaban J connectivity index is 1.55. The average Bonchev–Trinajstić information content (AvgIpc) is 3.06. The molecule has 0 aliphatic rings. The summed E-state index contributed by atoms with van der Waals surface area (Å²) < 4.78 is 5.52. The third-order valence-corrected chi connectivity index (χ3v) is 3.84. The summed E-state index contributed by atoms with van der Waals surface area (Å²) in [7, 11) is 0. The SMILES string of the molecule is O=C(NN=Cc1cccc2ccccc12)c1cc2ccccc2o1. The van der Waals surface area contributed by atoms with Gasteiger partial charge in [-0.05, 0) is 22.9 Å². The number of rotatable bonds is 3. The predicted octanol–water partition coefficient (Wildman–Crippen LogP) is 4.35. The zero-order valence-corrected chi connectivity index (χ0v) is 12.8. The monoisotopic (exact) mass is 314 g/mol. The van der Waals surface area contributed by atoms with E-state index in [1.54, 1.807) is 12.3 Å². The van der Waals surface area contributed by atoms with Crippen LogP contribution >= 0.6 is 0 Å². The number of fused-ring (bicyclic) bond motifs is 2. The summed E-state index contributed by atoms with van der Waals surface area (Å²) in [5, 5.41) is 7.16. The van der Waals surface area contributed by atoms with Crippen molar-refractivity contribution in [1.29, 1.82) is 0 Å². The van der Waals surface area contributed by atoms with Crippen LogP contribution in [0.1, 0.15) is 16.1 Å². The van der Waals surface area contributed by atoms with Gasteiger partial charge in [0.15, 0.2) is 5.76 Å². The first-order valence-electron chi connectivity index (χ1n) is 7.61. The van der Waals surface area contributed by atoms with Gasteiger partial charge in [-0.2, -0.15) is 5.10 Å². The van der Waals surface area contributed by atoms with Gasteiger partial charge in [-0.1, -0.05) is 60.7 Å². The lowest BCUT2D eigenvalue weighted by Crippen LogP contribution is -2.16. The Kier molecular flexibility index (Phi) is 3.56.